The van der Waals surface area contributed by atoms with E-state index in [2.05, 4.69) is 15.2 Å². The molecule has 0 radical (unpaired) electrons. The van der Waals surface area contributed by atoms with Gasteiger partial charge in [-0.05, 0) is 20.9 Å². The van der Waals surface area contributed by atoms with Crippen molar-refractivity contribution in [2.45, 2.75) is 19.3 Å². The van der Waals surface area contributed by atoms with Gasteiger partial charge in [-0.25, -0.2) is 4.98 Å². The van der Waals surface area contributed by atoms with Crippen molar-refractivity contribution >= 4 is 22.4 Å². The second-order valence-corrected chi connectivity index (χ2v) is 6.05. The van der Waals surface area contributed by atoms with Crippen molar-refractivity contribution < 1.29 is 14.6 Å². The van der Waals surface area contributed by atoms with Crippen LogP contribution in [-0.4, -0.2) is 61.4 Å². The SMILES string of the molecule is COCCN(C)CCNc1nc(C(C)(C)C(=O)O)cs1. The summed E-state index contributed by atoms with van der Waals surface area (Å²) in [4.78, 5) is 17.7. The lowest BCUT2D eigenvalue weighted by Gasteiger charge is -2.16. The average Bonchev–Trinajstić information content (AvgIpc) is 2.85. The Morgan fingerprint density at radius 1 is 1.55 bits per heavy atom. The maximum absolute atomic E-state index is 11.2. The molecule has 0 unspecified atom stereocenters. The van der Waals surface area contributed by atoms with E-state index in [0.29, 0.717) is 12.3 Å². The Kier molecular flexibility index (Phi) is 6.38. The summed E-state index contributed by atoms with van der Waals surface area (Å²) in [7, 11) is 3.72. The summed E-state index contributed by atoms with van der Waals surface area (Å²) in [5.41, 5.74) is -0.365. The summed E-state index contributed by atoms with van der Waals surface area (Å²) in [6.07, 6.45) is 0. The van der Waals surface area contributed by atoms with Crippen LogP contribution in [0.2, 0.25) is 0 Å². The Bertz CT molecular complexity index is 434. The first kappa shape index (κ1) is 16.9. The van der Waals surface area contributed by atoms with Crippen molar-refractivity contribution in [3.05, 3.63) is 11.1 Å². The van der Waals surface area contributed by atoms with E-state index in [0.717, 1.165) is 24.8 Å². The third kappa shape index (κ3) is 4.73. The van der Waals surface area contributed by atoms with Gasteiger partial charge in [-0.15, -0.1) is 11.3 Å². The van der Waals surface area contributed by atoms with E-state index in [1.54, 1.807) is 26.3 Å². The number of anilines is 1. The second-order valence-electron chi connectivity index (χ2n) is 5.19. The molecule has 0 atom stereocenters. The molecule has 0 amide bonds. The molecule has 1 rings (SSSR count). The van der Waals surface area contributed by atoms with E-state index in [4.69, 9.17) is 9.84 Å². The smallest absolute Gasteiger partial charge is 0.315 e. The van der Waals surface area contributed by atoms with Crippen molar-refractivity contribution in [3.63, 3.8) is 0 Å². The fraction of sp³-hybridized carbons (Fsp3) is 0.692. The monoisotopic (exact) mass is 301 g/mol. The fourth-order valence-electron chi connectivity index (χ4n) is 1.46. The highest BCUT2D eigenvalue weighted by Gasteiger charge is 2.32. The predicted molar refractivity (Wildman–Crippen MR) is 80.6 cm³/mol. The second kappa shape index (κ2) is 7.56. The number of thiazole rings is 1. The van der Waals surface area contributed by atoms with Crippen LogP contribution >= 0.6 is 11.3 Å². The number of carboxylic acid groups (broad SMARTS) is 1. The first-order chi connectivity index (χ1) is 9.37. The largest absolute Gasteiger partial charge is 0.481 e. The zero-order chi connectivity index (χ0) is 15.2. The molecule has 0 fully saturated rings. The Balaban J connectivity index is 2.43. The molecule has 0 saturated carbocycles. The van der Waals surface area contributed by atoms with Crippen LogP contribution in [-0.2, 0) is 14.9 Å². The fourth-order valence-corrected chi connectivity index (χ4v) is 2.37. The molecule has 0 bridgehead atoms. The number of rotatable bonds is 9. The van der Waals surface area contributed by atoms with E-state index in [1.165, 1.54) is 11.3 Å². The van der Waals surface area contributed by atoms with Gasteiger partial charge < -0.3 is 20.1 Å². The van der Waals surface area contributed by atoms with Crippen molar-refractivity contribution in [1.82, 2.24) is 9.88 Å². The lowest BCUT2D eigenvalue weighted by molar-refractivity contribution is -0.142. The Hall–Kier alpha value is -1.18. The van der Waals surface area contributed by atoms with Crippen molar-refractivity contribution in [1.29, 1.82) is 0 Å². The van der Waals surface area contributed by atoms with Gasteiger partial charge in [0.1, 0.15) is 5.41 Å². The maximum Gasteiger partial charge on any atom is 0.315 e. The van der Waals surface area contributed by atoms with E-state index in [9.17, 15) is 4.79 Å². The molecule has 2 N–H and O–H groups in total. The number of carbonyl (C=O) groups is 1. The molecular weight excluding hydrogens is 278 g/mol. The highest BCUT2D eigenvalue weighted by Crippen LogP contribution is 2.27. The topological polar surface area (TPSA) is 74.7 Å². The molecule has 6 nitrogen and oxygen atoms in total. The highest BCUT2D eigenvalue weighted by molar-refractivity contribution is 7.13. The number of aromatic nitrogens is 1. The van der Waals surface area contributed by atoms with Crippen LogP contribution in [0.1, 0.15) is 19.5 Å². The number of methoxy groups -OCH3 is 1. The molecule has 0 aliphatic rings. The molecule has 114 valence electrons. The van der Waals surface area contributed by atoms with Gasteiger partial charge in [0.2, 0.25) is 0 Å². The third-order valence-corrected chi connectivity index (χ3v) is 3.93. The molecule has 20 heavy (non-hydrogen) atoms. The summed E-state index contributed by atoms with van der Waals surface area (Å²) in [5, 5.41) is 14.9. The first-order valence-electron chi connectivity index (χ1n) is 6.48. The van der Waals surface area contributed by atoms with Gasteiger partial charge in [-0.3, -0.25) is 4.79 Å². The van der Waals surface area contributed by atoms with Gasteiger partial charge in [-0.2, -0.15) is 0 Å². The Morgan fingerprint density at radius 3 is 2.85 bits per heavy atom. The molecule has 0 saturated heterocycles. The number of nitrogens with zero attached hydrogens (tertiary/aromatic N) is 2. The van der Waals surface area contributed by atoms with Crippen molar-refractivity contribution in [3.8, 4) is 0 Å². The average molecular weight is 301 g/mol. The zero-order valence-corrected chi connectivity index (χ0v) is 13.3. The molecule has 1 aromatic rings. The minimum absolute atomic E-state index is 0.588. The molecule has 0 aromatic carbocycles. The minimum Gasteiger partial charge on any atom is -0.481 e. The molecular formula is C13H23N3O3S. The van der Waals surface area contributed by atoms with Gasteiger partial charge >= 0.3 is 5.97 Å². The van der Waals surface area contributed by atoms with Gasteiger partial charge in [-0.1, -0.05) is 0 Å². The number of carboxylic acids is 1. The third-order valence-electron chi connectivity index (χ3n) is 3.13. The van der Waals surface area contributed by atoms with E-state index in [1.807, 2.05) is 7.05 Å². The molecule has 7 heteroatoms. The number of ether oxygens (including phenoxy) is 1. The Morgan fingerprint density at radius 2 is 2.25 bits per heavy atom. The zero-order valence-electron chi connectivity index (χ0n) is 12.5. The molecule has 0 aliphatic carbocycles. The quantitative estimate of drug-likeness (QED) is 0.720. The number of likely N-dealkylation sites (N-methyl/N-ethyl adjacent to an activating group) is 1. The predicted octanol–water partition coefficient (Wildman–Crippen LogP) is 1.50. The van der Waals surface area contributed by atoms with E-state index in [-0.39, 0.29) is 0 Å². The summed E-state index contributed by atoms with van der Waals surface area (Å²) in [6.45, 7) is 6.55. The molecule has 0 aliphatic heterocycles. The van der Waals surface area contributed by atoms with Crippen LogP contribution < -0.4 is 5.32 Å². The number of hydrogen-bond donors (Lipinski definition) is 2. The van der Waals surface area contributed by atoms with Crippen LogP contribution in [0.15, 0.2) is 5.38 Å². The van der Waals surface area contributed by atoms with Gasteiger partial charge in [0.05, 0.1) is 12.3 Å². The van der Waals surface area contributed by atoms with Crippen LogP contribution in [0.25, 0.3) is 0 Å². The molecule has 1 aromatic heterocycles. The van der Waals surface area contributed by atoms with Gasteiger partial charge in [0.25, 0.3) is 0 Å². The van der Waals surface area contributed by atoms with Crippen LogP contribution in [0.3, 0.4) is 0 Å². The number of aliphatic carboxylic acids is 1. The molecule has 0 spiro atoms. The number of nitrogens with one attached hydrogen (secondary N) is 1. The maximum atomic E-state index is 11.2. The summed E-state index contributed by atoms with van der Waals surface area (Å²) in [5.74, 6) is -0.867. The summed E-state index contributed by atoms with van der Waals surface area (Å²) < 4.78 is 5.01. The van der Waals surface area contributed by atoms with Crippen molar-refractivity contribution in [2.75, 3.05) is 45.7 Å². The standard InChI is InChI=1S/C13H23N3O3S/c1-13(2,11(17)18)10-9-20-12(15-10)14-5-6-16(3)7-8-19-4/h9H,5-8H2,1-4H3,(H,14,15)(H,17,18). The minimum atomic E-state index is -0.953. The van der Waals surface area contributed by atoms with E-state index >= 15 is 0 Å². The van der Waals surface area contributed by atoms with Crippen molar-refractivity contribution in [2.24, 2.45) is 0 Å². The first-order valence-corrected chi connectivity index (χ1v) is 7.36. The lowest BCUT2D eigenvalue weighted by Crippen LogP contribution is -2.29. The summed E-state index contributed by atoms with van der Waals surface area (Å²) in [6, 6.07) is 0. The molecule has 1 heterocycles. The van der Waals surface area contributed by atoms with Crippen LogP contribution in [0.5, 0.6) is 0 Å². The Labute approximate surface area is 123 Å². The van der Waals surface area contributed by atoms with Gasteiger partial charge in [0, 0.05) is 32.1 Å². The summed E-state index contributed by atoms with van der Waals surface area (Å²) >= 11 is 1.43. The number of hydrogen-bond acceptors (Lipinski definition) is 6. The van der Waals surface area contributed by atoms with Crippen LogP contribution in [0, 0.1) is 0 Å². The lowest BCUT2D eigenvalue weighted by atomic mass is 9.90. The van der Waals surface area contributed by atoms with E-state index < -0.39 is 11.4 Å². The van der Waals surface area contributed by atoms with Gasteiger partial charge in [0.15, 0.2) is 5.13 Å². The normalized spacial score (nSPS) is 11.8. The highest BCUT2D eigenvalue weighted by atomic mass is 32.1. The van der Waals surface area contributed by atoms with Crippen LogP contribution in [0.4, 0.5) is 5.13 Å².